The van der Waals surface area contributed by atoms with Crippen LogP contribution in [0.25, 0.3) is 11.0 Å². The molecular weight excluding hydrogens is 312 g/mol. The van der Waals surface area contributed by atoms with Crippen molar-refractivity contribution >= 4 is 33.5 Å². The summed E-state index contributed by atoms with van der Waals surface area (Å²) in [5.74, 6) is 0.387. The molecule has 116 valence electrons. The number of halogens is 1. The first-order chi connectivity index (χ1) is 9.63. The molecule has 1 saturated heterocycles. The Morgan fingerprint density at radius 2 is 2.33 bits per heavy atom. The average molecular weight is 331 g/mol. The first-order valence-corrected chi connectivity index (χ1v) is 8.14. The third kappa shape index (κ3) is 2.91. The fourth-order valence-electron chi connectivity index (χ4n) is 2.75. The normalized spacial score (nSPS) is 19.8. The zero-order chi connectivity index (χ0) is 14.2. The molecule has 0 aromatic carbocycles. The van der Waals surface area contributed by atoms with Gasteiger partial charge in [0.25, 0.3) is 0 Å². The second-order valence-corrected chi connectivity index (χ2v) is 7.03. The number of rotatable bonds is 4. The Hall–Kier alpha value is -1.15. The predicted molar refractivity (Wildman–Crippen MR) is 84.1 cm³/mol. The highest BCUT2D eigenvalue weighted by Gasteiger charge is 2.33. The summed E-state index contributed by atoms with van der Waals surface area (Å²) in [7, 11) is -1.55. The van der Waals surface area contributed by atoms with E-state index < -0.39 is 10.0 Å². The van der Waals surface area contributed by atoms with E-state index in [0.29, 0.717) is 34.9 Å². The van der Waals surface area contributed by atoms with Crippen LogP contribution in [0.5, 0.6) is 0 Å². The quantitative estimate of drug-likeness (QED) is 0.883. The Balaban J connectivity index is 0.00000161. The lowest BCUT2D eigenvalue weighted by Gasteiger charge is -2.16. The van der Waals surface area contributed by atoms with Crippen molar-refractivity contribution in [3.8, 4) is 0 Å². The largest absolute Gasteiger partial charge is 0.345 e. The van der Waals surface area contributed by atoms with Gasteiger partial charge in [0, 0.05) is 30.9 Å². The van der Waals surface area contributed by atoms with Crippen molar-refractivity contribution in [2.75, 3.05) is 26.7 Å². The number of hydrogen-bond acceptors (Lipinski definition) is 4. The summed E-state index contributed by atoms with van der Waals surface area (Å²) in [4.78, 5) is 7.39. The molecule has 6 nitrogen and oxygen atoms in total. The van der Waals surface area contributed by atoms with E-state index in [-0.39, 0.29) is 12.4 Å². The van der Waals surface area contributed by atoms with Crippen LogP contribution in [0.1, 0.15) is 6.42 Å². The van der Waals surface area contributed by atoms with Crippen molar-refractivity contribution in [1.82, 2.24) is 19.6 Å². The van der Waals surface area contributed by atoms with E-state index in [1.165, 1.54) is 0 Å². The van der Waals surface area contributed by atoms with Gasteiger partial charge in [0.15, 0.2) is 0 Å². The molecule has 2 aromatic heterocycles. The predicted octanol–water partition coefficient (Wildman–Crippen LogP) is 1.21. The minimum Gasteiger partial charge on any atom is -0.345 e. The number of nitrogens with zero attached hydrogens (tertiary/aromatic N) is 2. The molecule has 21 heavy (non-hydrogen) atoms. The van der Waals surface area contributed by atoms with Gasteiger partial charge >= 0.3 is 0 Å². The molecule has 1 unspecified atom stereocenters. The number of H-pyrrole nitrogens is 1. The van der Waals surface area contributed by atoms with Crippen molar-refractivity contribution in [2.45, 2.75) is 11.3 Å². The van der Waals surface area contributed by atoms with Gasteiger partial charge in [-0.3, -0.25) is 0 Å². The molecule has 1 fully saturated rings. The topological polar surface area (TPSA) is 78.1 Å². The van der Waals surface area contributed by atoms with Gasteiger partial charge in [-0.2, -0.15) is 4.31 Å². The van der Waals surface area contributed by atoms with Gasteiger partial charge in [-0.25, -0.2) is 13.4 Å². The maximum atomic E-state index is 12.7. The number of pyridine rings is 1. The molecule has 0 aliphatic carbocycles. The standard InChI is InChI=1S/C13H18N4O2S.ClH/c1-14-7-10-4-6-17(9-10)20(18,19)12-8-16-13-11(12)3-2-5-15-13;/h2-3,5,8,10,14H,4,6-7,9H2,1H3,(H,15,16);1H. The van der Waals surface area contributed by atoms with Crippen LogP contribution in [0.3, 0.4) is 0 Å². The van der Waals surface area contributed by atoms with Gasteiger partial charge in [-0.1, -0.05) is 0 Å². The summed E-state index contributed by atoms with van der Waals surface area (Å²) in [6.07, 6.45) is 4.09. The Bertz CT molecular complexity index is 716. The van der Waals surface area contributed by atoms with Gasteiger partial charge in [0.05, 0.1) is 0 Å². The number of nitrogens with one attached hydrogen (secondary N) is 2. The van der Waals surface area contributed by atoms with Crippen molar-refractivity contribution in [3.05, 3.63) is 24.5 Å². The van der Waals surface area contributed by atoms with Crippen molar-refractivity contribution in [1.29, 1.82) is 0 Å². The zero-order valence-electron chi connectivity index (χ0n) is 11.7. The van der Waals surface area contributed by atoms with Crippen LogP contribution in [0.15, 0.2) is 29.4 Å². The summed E-state index contributed by atoms with van der Waals surface area (Å²) < 4.78 is 27.0. The highest BCUT2D eigenvalue weighted by Crippen LogP contribution is 2.28. The molecule has 8 heteroatoms. The van der Waals surface area contributed by atoms with E-state index in [9.17, 15) is 8.42 Å². The van der Waals surface area contributed by atoms with Crippen LogP contribution in [0, 0.1) is 5.92 Å². The van der Waals surface area contributed by atoms with Crippen LogP contribution in [0.4, 0.5) is 0 Å². The summed E-state index contributed by atoms with van der Waals surface area (Å²) >= 11 is 0. The number of aromatic nitrogens is 2. The number of sulfonamides is 1. The molecule has 0 amide bonds. The molecule has 0 bridgehead atoms. The molecule has 2 N–H and O–H groups in total. The second-order valence-electron chi connectivity index (χ2n) is 5.13. The summed E-state index contributed by atoms with van der Waals surface area (Å²) in [5.41, 5.74) is 0.608. The van der Waals surface area contributed by atoms with E-state index >= 15 is 0 Å². The molecule has 1 atom stereocenters. The van der Waals surface area contributed by atoms with Crippen LogP contribution in [-0.4, -0.2) is 49.4 Å². The Morgan fingerprint density at radius 1 is 1.52 bits per heavy atom. The maximum absolute atomic E-state index is 12.7. The SMILES string of the molecule is CNCC1CCN(S(=O)(=O)c2c[nH]c3ncccc23)C1.Cl. The van der Waals surface area contributed by atoms with Gasteiger partial charge in [-0.15, -0.1) is 12.4 Å². The van der Waals surface area contributed by atoms with E-state index in [1.807, 2.05) is 7.05 Å². The lowest BCUT2D eigenvalue weighted by Crippen LogP contribution is -2.30. The maximum Gasteiger partial charge on any atom is 0.245 e. The molecule has 2 aromatic rings. The summed E-state index contributed by atoms with van der Waals surface area (Å²) in [5, 5.41) is 3.77. The zero-order valence-corrected chi connectivity index (χ0v) is 13.4. The van der Waals surface area contributed by atoms with Crippen LogP contribution < -0.4 is 5.32 Å². The van der Waals surface area contributed by atoms with Crippen LogP contribution in [0.2, 0.25) is 0 Å². The molecule has 1 aliphatic heterocycles. The van der Waals surface area contributed by atoms with Crippen molar-refractivity contribution in [3.63, 3.8) is 0 Å². The second kappa shape index (κ2) is 6.31. The Labute approximate surface area is 130 Å². The monoisotopic (exact) mass is 330 g/mol. The smallest absolute Gasteiger partial charge is 0.245 e. The number of aromatic amines is 1. The molecular formula is C13H19ClN4O2S. The third-order valence-corrected chi connectivity index (χ3v) is 5.68. The van der Waals surface area contributed by atoms with Gasteiger partial charge in [0.1, 0.15) is 10.5 Å². The molecule has 0 saturated carbocycles. The Morgan fingerprint density at radius 3 is 3.10 bits per heavy atom. The minimum absolute atomic E-state index is 0. The molecule has 0 spiro atoms. The van der Waals surface area contributed by atoms with Crippen LogP contribution in [-0.2, 0) is 10.0 Å². The van der Waals surface area contributed by atoms with Gasteiger partial charge in [0.2, 0.25) is 10.0 Å². The number of hydrogen-bond donors (Lipinski definition) is 2. The fourth-order valence-corrected chi connectivity index (χ4v) is 4.44. The van der Waals surface area contributed by atoms with Gasteiger partial charge in [-0.05, 0) is 38.1 Å². The molecule has 0 radical (unpaired) electrons. The highest BCUT2D eigenvalue weighted by atomic mass is 35.5. The number of fused-ring (bicyclic) bond motifs is 1. The first-order valence-electron chi connectivity index (χ1n) is 6.70. The van der Waals surface area contributed by atoms with Crippen molar-refractivity contribution < 1.29 is 8.42 Å². The van der Waals surface area contributed by atoms with Crippen molar-refractivity contribution in [2.24, 2.45) is 5.92 Å². The molecule has 1 aliphatic rings. The third-order valence-electron chi connectivity index (χ3n) is 3.77. The van der Waals surface area contributed by atoms with E-state index in [0.717, 1.165) is 13.0 Å². The highest BCUT2D eigenvalue weighted by molar-refractivity contribution is 7.89. The Kier molecular flexibility index (Phi) is 4.88. The lowest BCUT2D eigenvalue weighted by atomic mass is 10.1. The van der Waals surface area contributed by atoms with E-state index in [1.54, 1.807) is 28.8 Å². The van der Waals surface area contributed by atoms with Gasteiger partial charge < -0.3 is 10.3 Å². The first kappa shape index (κ1) is 16.2. The minimum atomic E-state index is -3.44. The lowest BCUT2D eigenvalue weighted by molar-refractivity contribution is 0.451. The summed E-state index contributed by atoms with van der Waals surface area (Å²) in [6.45, 7) is 2.01. The van der Waals surface area contributed by atoms with E-state index in [4.69, 9.17) is 0 Å². The van der Waals surface area contributed by atoms with Crippen LogP contribution >= 0.6 is 12.4 Å². The molecule has 3 rings (SSSR count). The van der Waals surface area contributed by atoms with E-state index in [2.05, 4.69) is 15.3 Å². The fraction of sp³-hybridized carbons (Fsp3) is 0.462. The molecule has 3 heterocycles. The summed E-state index contributed by atoms with van der Waals surface area (Å²) in [6, 6.07) is 3.54. The average Bonchev–Trinajstić information content (AvgIpc) is 3.05.